The van der Waals surface area contributed by atoms with Gasteiger partial charge in [-0.1, -0.05) is 0 Å². The molecule has 0 saturated carbocycles. The van der Waals surface area contributed by atoms with Gasteiger partial charge in [-0.15, -0.1) is 0 Å². The maximum absolute atomic E-state index is 12.9. The van der Waals surface area contributed by atoms with E-state index >= 15 is 0 Å². The Morgan fingerprint density at radius 1 is 1.20 bits per heavy atom. The normalized spacial score (nSPS) is 21.5. The molecule has 9 nitrogen and oxygen atoms in total. The van der Waals surface area contributed by atoms with Crippen LogP contribution in [0.2, 0.25) is 0 Å². The molecule has 0 unspecified atom stereocenters. The monoisotopic (exact) mass is 390 g/mol. The zero-order valence-electron chi connectivity index (χ0n) is 13.5. The molecule has 11 heteroatoms. The molecule has 2 heterocycles. The van der Waals surface area contributed by atoms with Crippen LogP contribution in [0.5, 0.6) is 5.75 Å². The van der Waals surface area contributed by atoms with Crippen LogP contribution < -0.4 is 9.04 Å². The second-order valence-electron chi connectivity index (χ2n) is 5.58. The van der Waals surface area contributed by atoms with Gasteiger partial charge in [-0.3, -0.25) is 4.79 Å². The molecule has 2 aliphatic rings. The summed E-state index contributed by atoms with van der Waals surface area (Å²) in [5.74, 6) is -0.789. The van der Waals surface area contributed by atoms with Gasteiger partial charge in [0.15, 0.2) is 0 Å². The molecular weight excluding hydrogens is 372 g/mol. The van der Waals surface area contributed by atoms with E-state index in [4.69, 9.17) is 9.47 Å². The smallest absolute Gasteiger partial charge is 0.246 e. The molecule has 25 heavy (non-hydrogen) atoms. The van der Waals surface area contributed by atoms with Crippen molar-refractivity contribution in [3.63, 3.8) is 0 Å². The number of amides is 1. The first-order chi connectivity index (χ1) is 11.8. The topological polar surface area (TPSA) is 110 Å². The first-order valence-electron chi connectivity index (χ1n) is 7.59. The molecule has 0 atom stereocenters. The second kappa shape index (κ2) is 6.56. The van der Waals surface area contributed by atoms with Crippen molar-refractivity contribution in [1.29, 1.82) is 0 Å². The van der Waals surface area contributed by atoms with Crippen LogP contribution in [0.25, 0.3) is 0 Å². The predicted molar refractivity (Wildman–Crippen MR) is 88.5 cm³/mol. The lowest BCUT2D eigenvalue weighted by atomic mass is 10.3. The molecule has 1 aromatic rings. The van der Waals surface area contributed by atoms with E-state index < -0.39 is 26.0 Å². The van der Waals surface area contributed by atoms with Crippen LogP contribution in [0.4, 0.5) is 5.69 Å². The van der Waals surface area contributed by atoms with Gasteiger partial charge in [-0.25, -0.2) is 21.1 Å². The summed E-state index contributed by atoms with van der Waals surface area (Å²) in [5.41, 5.74) is -0.00451. The van der Waals surface area contributed by atoms with Crippen molar-refractivity contribution < 1.29 is 31.1 Å². The van der Waals surface area contributed by atoms with E-state index in [1.807, 2.05) is 0 Å². The molecule has 0 aliphatic carbocycles. The number of hydrogen-bond donors (Lipinski definition) is 0. The molecule has 0 radical (unpaired) electrons. The van der Waals surface area contributed by atoms with Crippen LogP contribution in [0.3, 0.4) is 0 Å². The Bertz CT molecular complexity index is 890. The Balaban J connectivity index is 2.08. The quantitative estimate of drug-likeness (QED) is 0.699. The number of nitrogens with zero attached hydrogens (tertiary/aromatic N) is 2. The van der Waals surface area contributed by atoms with Crippen molar-refractivity contribution in [3.05, 3.63) is 18.2 Å². The zero-order chi connectivity index (χ0) is 18.2. The van der Waals surface area contributed by atoms with E-state index in [0.29, 0.717) is 4.31 Å². The van der Waals surface area contributed by atoms with E-state index in [9.17, 15) is 21.6 Å². The van der Waals surface area contributed by atoms with Gasteiger partial charge in [0.25, 0.3) is 0 Å². The highest BCUT2D eigenvalue weighted by Crippen LogP contribution is 2.34. The highest BCUT2D eigenvalue weighted by atomic mass is 32.2. The van der Waals surface area contributed by atoms with Crippen LogP contribution in [0.15, 0.2) is 23.1 Å². The maximum Gasteiger partial charge on any atom is 0.246 e. The number of anilines is 1. The number of hydrogen-bond acceptors (Lipinski definition) is 7. The number of rotatable bonds is 4. The van der Waals surface area contributed by atoms with Gasteiger partial charge in [0.05, 0.1) is 31.8 Å². The van der Waals surface area contributed by atoms with E-state index in [2.05, 4.69) is 0 Å². The molecule has 1 amide bonds. The third kappa shape index (κ3) is 3.24. The first kappa shape index (κ1) is 18.1. The number of carbonyl (C=O) groups excluding carboxylic acids is 1. The molecular formula is C14H18N2O7S2. The van der Waals surface area contributed by atoms with Crippen LogP contribution in [0, 0.1) is 0 Å². The van der Waals surface area contributed by atoms with E-state index in [0.717, 1.165) is 0 Å². The van der Waals surface area contributed by atoms with Crippen molar-refractivity contribution in [1.82, 2.24) is 4.31 Å². The minimum absolute atomic E-state index is 0.00451. The first-order valence-corrected chi connectivity index (χ1v) is 10.6. The lowest BCUT2D eigenvalue weighted by Crippen LogP contribution is -2.40. The molecule has 2 fully saturated rings. The summed E-state index contributed by atoms with van der Waals surface area (Å²) in [7, 11) is -6.37. The molecule has 2 saturated heterocycles. The molecule has 1 aromatic carbocycles. The van der Waals surface area contributed by atoms with Crippen LogP contribution in [-0.2, 0) is 29.6 Å². The zero-order valence-corrected chi connectivity index (χ0v) is 15.2. The Kier molecular flexibility index (Phi) is 4.75. The summed E-state index contributed by atoms with van der Waals surface area (Å²) >= 11 is 0. The summed E-state index contributed by atoms with van der Waals surface area (Å²) < 4.78 is 62.2. The Morgan fingerprint density at radius 2 is 1.88 bits per heavy atom. The third-order valence-corrected chi connectivity index (χ3v) is 7.66. The molecule has 3 rings (SSSR count). The highest BCUT2D eigenvalue weighted by molar-refractivity contribution is 7.94. The number of morpholine rings is 1. The van der Waals surface area contributed by atoms with Gasteiger partial charge in [-0.05, 0) is 18.2 Å². The van der Waals surface area contributed by atoms with Gasteiger partial charge in [0.1, 0.15) is 10.6 Å². The third-order valence-electron chi connectivity index (χ3n) is 4.05. The summed E-state index contributed by atoms with van der Waals surface area (Å²) in [6.45, 7) is 0.938. The fraction of sp³-hybridized carbons (Fsp3) is 0.500. The fourth-order valence-corrected chi connectivity index (χ4v) is 5.82. The second-order valence-corrected chi connectivity index (χ2v) is 9.42. The van der Waals surface area contributed by atoms with Gasteiger partial charge in [0, 0.05) is 19.5 Å². The number of ether oxygens (including phenoxy) is 2. The van der Waals surface area contributed by atoms with Crippen LogP contribution in [-0.4, -0.2) is 66.2 Å². The average molecular weight is 390 g/mol. The van der Waals surface area contributed by atoms with E-state index in [1.54, 1.807) is 0 Å². The van der Waals surface area contributed by atoms with Crippen LogP contribution in [0.1, 0.15) is 6.42 Å². The minimum atomic E-state index is -3.92. The molecule has 0 N–H and O–H groups in total. The molecule has 2 aliphatic heterocycles. The lowest BCUT2D eigenvalue weighted by Gasteiger charge is -2.27. The number of carbonyl (C=O) groups is 1. The highest BCUT2D eigenvalue weighted by Gasteiger charge is 2.38. The van der Waals surface area contributed by atoms with Gasteiger partial charge in [-0.2, -0.15) is 4.31 Å². The van der Waals surface area contributed by atoms with Crippen molar-refractivity contribution in [2.75, 3.05) is 43.5 Å². The molecule has 0 aromatic heterocycles. The van der Waals surface area contributed by atoms with Gasteiger partial charge in [0.2, 0.25) is 26.0 Å². The largest absolute Gasteiger partial charge is 0.495 e. The number of benzene rings is 1. The summed E-state index contributed by atoms with van der Waals surface area (Å²) in [6, 6.07) is 3.88. The number of sulfonamides is 2. The van der Waals surface area contributed by atoms with Crippen molar-refractivity contribution in [2.24, 2.45) is 0 Å². The SMILES string of the molecule is COc1ccc(N2C(=O)CCS2(=O)=O)cc1S(=O)(=O)N1CCOCC1. The Labute approximate surface area is 146 Å². The predicted octanol–water partition coefficient (Wildman–Crippen LogP) is -0.217. The summed E-state index contributed by atoms with van der Waals surface area (Å²) in [6.07, 6.45) is -0.125. The minimum Gasteiger partial charge on any atom is -0.495 e. The van der Waals surface area contributed by atoms with E-state index in [1.165, 1.54) is 29.6 Å². The van der Waals surface area contributed by atoms with Crippen molar-refractivity contribution >= 4 is 31.6 Å². The maximum atomic E-state index is 12.9. The number of methoxy groups -OCH3 is 1. The van der Waals surface area contributed by atoms with Gasteiger partial charge >= 0.3 is 0 Å². The summed E-state index contributed by atoms with van der Waals surface area (Å²) in [5, 5.41) is 0. The molecule has 138 valence electrons. The van der Waals surface area contributed by atoms with Gasteiger partial charge < -0.3 is 9.47 Å². The Hall–Kier alpha value is -1.69. The standard InChI is InChI=1S/C14H18N2O7S2/c1-22-12-3-2-11(16-14(17)4-9-24(16,18)19)10-13(12)25(20,21)15-5-7-23-8-6-15/h2-3,10H,4-9H2,1H3. The molecule has 0 spiro atoms. The lowest BCUT2D eigenvalue weighted by molar-refractivity contribution is -0.116. The Morgan fingerprint density at radius 3 is 2.44 bits per heavy atom. The van der Waals surface area contributed by atoms with Crippen molar-refractivity contribution in [3.8, 4) is 5.75 Å². The fourth-order valence-electron chi connectivity index (χ4n) is 2.79. The molecule has 0 bridgehead atoms. The average Bonchev–Trinajstić information content (AvgIpc) is 2.88. The van der Waals surface area contributed by atoms with Crippen LogP contribution >= 0.6 is 0 Å². The van der Waals surface area contributed by atoms with Crippen molar-refractivity contribution in [2.45, 2.75) is 11.3 Å². The van der Waals surface area contributed by atoms with E-state index in [-0.39, 0.29) is 54.8 Å². The summed E-state index contributed by atoms with van der Waals surface area (Å²) in [4.78, 5) is 11.8.